The van der Waals surface area contributed by atoms with Crippen LogP contribution in [0.25, 0.3) is 10.9 Å². The molecule has 1 heterocycles. The van der Waals surface area contributed by atoms with Crippen molar-refractivity contribution in [1.82, 2.24) is 14.9 Å². The standard InChI is InChI=1S/C22H18N6O8S/c1-13-21(22(30)23-25-37(35,36)16-5-3-2-4-6-16)17-12-15(29)8-10-19(17)26(13)24-18-9-7-14(27(31)32)11-20(18)28(33)34/h2-12,24-25,29H,1H3,(H,23,30). The summed E-state index contributed by atoms with van der Waals surface area (Å²) in [5.41, 5.74) is 4.19. The van der Waals surface area contributed by atoms with E-state index < -0.39 is 37.2 Å². The van der Waals surface area contributed by atoms with Crippen molar-refractivity contribution >= 4 is 43.9 Å². The Bertz CT molecular complexity index is 1670. The van der Waals surface area contributed by atoms with E-state index in [1.54, 1.807) is 6.07 Å². The van der Waals surface area contributed by atoms with Crippen LogP contribution in [0.4, 0.5) is 17.1 Å². The summed E-state index contributed by atoms with van der Waals surface area (Å²) in [6.07, 6.45) is 0. The minimum atomic E-state index is -4.09. The van der Waals surface area contributed by atoms with Crippen LogP contribution in [-0.2, 0) is 10.0 Å². The number of benzene rings is 3. The molecule has 0 aliphatic heterocycles. The van der Waals surface area contributed by atoms with Gasteiger partial charge in [0, 0.05) is 11.5 Å². The van der Waals surface area contributed by atoms with Crippen LogP contribution in [0.2, 0.25) is 0 Å². The Morgan fingerprint density at radius 3 is 2.32 bits per heavy atom. The first-order chi connectivity index (χ1) is 17.5. The van der Waals surface area contributed by atoms with Gasteiger partial charge in [-0.25, -0.2) is 8.42 Å². The number of sulfonamides is 1. The second-order valence-corrected chi connectivity index (χ2v) is 9.38. The highest BCUT2D eigenvalue weighted by molar-refractivity contribution is 7.89. The Morgan fingerprint density at radius 2 is 1.68 bits per heavy atom. The fraction of sp³-hybridized carbons (Fsp3) is 0.0455. The molecule has 1 aromatic heterocycles. The Labute approximate surface area is 208 Å². The monoisotopic (exact) mass is 526 g/mol. The number of anilines is 1. The first-order valence-corrected chi connectivity index (χ1v) is 11.9. The van der Waals surface area contributed by atoms with E-state index in [1.807, 2.05) is 4.83 Å². The van der Waals surface area contributed by atoms with Crippen LogP contribution in [-0.4, -0.2) is 34.0 Å². The predicted molar refractivity (Wildman–Crippen MR) is 131 cm³/mol. The molecule has 0 aliphatic carbocycles. The molecule has 0 fully saturated rings. The number of aromatic hydroxyl groups is 1. The molecule has 0 radical (unpaired) electrons. The normalized spacial score (nSPS) is 11.3. The number of carbonyl (C=O) groups is 1. The maximum absolute atomic E-state index is 13.1. The van der Waals surface area contributed by atoms with E-state index in [4.69, 9.17) is 0 Å². The van der Waals surface area contributed by atoms with E-state index in [1.165, 1.54) is 54.1 Å². The van der Waals surface area contributed by atoms with Crippen molar-refractivity contribution < 1.29 is 28.2 Å². The zero-order valence-electron chi connectivity index (χ0n) is 18.9. The molecule has 190 valence electrons. The highest BCUT2D eigenvalue weighted by atomic mass is 32.2. The van der Waals surface area contributed by atoms with Crippen molar-refractivity contribution in [2.45, 2.75) is 11.8 Å². The number of phenolic OH excluding ortho intramolecular Hbond substituents is 1. The minimum absolute atomic E-state index is 0.0428. The van der Waals surface area contributed by atoms with Gasteiger partial charge in [0.2, 0.25) is 0 Å². The number of aromatic nitrogens is 1. The van der Waals surface area contributed by atoms with Gasteiger partial charge < -0.3 is 5.11 Å². The van der Waals surface area contributed by atoms with E-state index in [2.05, 4.69) is 10.9 Å². The summed E-state index contributed by atoms with van der Waals surface area (Å²) >= 11 is 0. The zero-order valence-corrected chi connectivity index (χ0v) is 19.7. The fourth-order valence-corrected chi connectivity index (χ4v) is 4.53. The van der Waals surface area contributed by atoms with E-state index in [9.17, 15) is 38.5 Å². The van der Waals surface area contributed by atoms with E-state index >= 15 is 0 Å². The number of hydrazine groups is 1. The minimum Gasteiger partial charge on any atom is -0.508 e. The van der Waals surface area contributed by atoms with Gasteiger partial charge >= 0.3 is 5.69 Å². The number of fused-ring (bicyclic) bond motifs is 1. The van der Waals surface area contributed by atoms with E-state index in [-0.39, 0.29) is 33.0 Å². The van der Waals surface area contributed by atoms with Gasteiger partial charge in [-0.1, -0.05) is 18.2 Å². The third-order valence-electron chi connectivity index (χ3n) is 5.39. The average molecular weight is 526 g/mol. The number of amides is 1. The lowest BCUT2D eigenvalue weighted by Gasteiger charge is -2.12. The molecule has 0 atom stereocenters. The van der Waals surface area contributed by atoms with Crippen LogP contribution >= 0.6 is 0 Å². The van der Waals surface area contributed by atoms with Gasteiger partial charge in [0.1, 0.15) is 11.4 Å². The number of nitro benzene ring substituents is 2. The first kappa shape index (κ1) is 25.1. The smallest absolute Gasteiger partial charge is 0.300 e. The molecule has 4 aromatic rings. The number of nitrogens with one attached hydrogen (secondary N) is 3. The number of hydrogen-bond acceptors (Lipinski definition) is 9. The molecule has 0 aliphatic rings. The molecule has 0 unspecified atom stereocenters. The van der Waals surface area contributed by atoms with Gasteiger partial charge in [0.15, 0.2) is 0 Å². The van der Waals surface area contributed by atoms with Crippen molar-refractivity contribution in [3.8, 4) is 5.75 Å². The molecular formula is C22H18N6O8S. The highest BCUT2D eigenvalue weighted by Crippen LogP contribution is 2.33. The molecule has 0 bridgehead atoms. The molecule has 0 spiro atoms. The first-order valence-electron chi connectivity index (χ1n) is 10.4. The Balaban J connectivity index is 1.74. The molecule has 15 heteroatoms. The summed E-state index contributed by atoms with van der Waals surface area (Å²) in [5.74, 6) is -1.06. The molecule has 14 nitrogen and oxygen atoms in total. The van der Waals surface area contributed by atoms with Crippen molar-refractivity contribution in [1.29, 1.82) is 0 Å². The maximum Gasteiger partial charge on any atom is 0.300 e. The summed E-state index contributed by atoms with van der Waals surface area (Å²) in [5, 5.41) is 32.8. The summed E-state index contributed by atoms with van der Waals surface area (Å²) < 4.78 is 26.3. The largest absolute Gasteiger partial charge is 0.508 e. The lowest BCUT2D eigenvalue weighted by atomic mass is 10.1. The van der Waals surface area contributed by atoms with Crippen molar-refractivity contribution in [2.75, 3.05) is 5.43 Å². The molecular weight excluding hydrogens is 508 g/mol. The van der Waals surface area contributed by atoms with Crippen LogP contribution in [0.3, 0.4) is 0 Å². The van der Waals surface area contributed by atoms with Gasteiger partial charge in [-0.3, -0.25) is 40.6 Å². The number of nitro groups is 2. The van der Waals surface area contributed by atoms with Crippen LogP contribution in [0, 0.1) is 27.2 Å². The lowest BCUT2D eigenvalue weighted by molar-refractivity contribution is -0.393. The van der Waals surface area contributed by atoms with Crippen molar-refractivity contribution in [3.05, 3.63) is 98.2 Å². The van der Waals surface area contributed by atoms with Gasteiger partial charge in [-0.15, -0.1) is 4.83 Å². The third-order valence-corrected chi connectivity index (χ3v) is 6.65. The quantitative estimate of drug-likeness (QED) is 0.197. The topological polar surface area (TPSA) is 199 Å². The number of nitrogens with zero attached hydrogens (tertiary/aromatic N) is 3. The van der Waals surface area contributed by atoms with Gasteiger partial charge in [0.05, 0.1) is 37.6 Å². The number of phenols is 1. The highest BCUT2D eigenvalue weighted by Gasteiger charge is 2.25. The van der Waals surface area contributed by atoms with Crippen LogP contribution < -0.4 is 15.7 Å². The molecule has 1 amide bonds. The zero-order chi connectivity index (χ0) is 26.9. The van der Waals surface area contributed by atoms with Crippen molar-refractivity contribution in [2.24, 2.45) is 0 Å². The second kappa shape index (κ2) is 9.56. The molecule has 4 N–H and O–H groups in total. The van der Waals surface area contributed by atoms with Gasteiger partial charge in [-0.2, -0.15) is 0 Å². The maximum atomic E-state index is 13.1. The number of rotatable bonds is 8. The second-order valence-electron chi connectivity index (χ2n) is 7.70. The Morgan fingerprint density at radius 1 is 0.973 bits per heavy atom. The number of non-ortho nitro benzene ring substituents is 1. The van der Waals surface area contributed by atoms with E-state index in [0.29, 0.717) is 5.52 Å². The lowest BCUT2D eigenvalue weighted by Crippen LogP contribution is -2.41. The third kappa shape index (κ3) is 4.89. The predicted octanol–water partition coefficient (Wildman–Crippen LogP) is 2.97. The molecule has 3 aromatic carbocycles. The number of carbonyl (C=O) groups excluding carboxylic acids is 1. The van der Waals surface area contributed by atoms with E-state index in [0.717, 1.165) is 18.2 Å². The van der Waals surface area contributed by atoms with Gasteiger partial charge in [0.25, 0.3) is 21.6 Å². The van der Waals surface area contributed by atoms with Crippen LogP contribution in [0.15, 0.2) is 71.6 Å². The molecule has 0 saturated carbocycles. The van der Waals surface area contributed by atoms with Crippen molar-refractivity contribution in [3.63, 3.8) is 0 Å². The SMILES string of the molecule is Cc1c(C(=O)NNS(=O)(=O)c2ccccc2)c2cc(O)ccc2n1Nc1ccc([N+](=O)[O-])cc1[N+](=O)[O-]. The van der Waals surface area contributed by atoms with Crippen LogP contribution in [0.5, 0.6) is 5.75 Å². The Kier molecular flexibility index (Phi) is 6.48. The molecule has 4 rings (SSSR count). The average Bonchev–Trinajstić information content (AvgIpc) is 3.13. The van der Waals surface area contributed by atoms with Crippen LogP contribution in [0.1, 0.15) is 16.1 Å². The van der Waals surface area contributed by atoms with Gasteiger partial charge in [-0.05, 0) is 43.3 Å². The fourth-order valence-electron chi connectivity index (χ4n) is 3.67. The summed E-state index contributed by atoms with van der Waals surface area (Å²) in [6, 6.07) is 14.4. The summed E-state index contributed by atoms with van der Waals surface area (Å²) in [7, 11) is -4.09. The molecule has 37 heavy (non-hydrogen) atoms. The Hall–Kier alpha value is -5.02. The summed E-state index contributed by atoms with van der Waals surface area (Å²) in [6.45, 7) is 1.49. The number of hydrogen-bond donors (Lipinski definition) is 4. The summed E-state index contributed by atoms with van der Waals surface area (Å²) in [4.78, 5) is 36.1. The molecule has 0 saturated heterocycles.